The predicted octanol–water partition coefficient (Wildman–Crippen LogP) is 2.53. The summed E-state index contributed by atoms with van der Waals surface area (Å²) < 4.78 is 10.7. The van der Waals surface area contributed by atoms with Crippen molar-refractivity contribution < 1.29 is 29.0 Å². The molecule has 1 unspecified atom stereocenters. The van der Waals surface area contributed by atoms with E-state index in [0.29, 0.717) is 22.8 Å². The van der Waals surface area contributed by atoms with E-state index in [2.05, 4.69) is 15.5 Å². The normalized spacial score (nSPS) is 16.7. The van der Waals surface area contributed by atoms with Crippen molar-refractivity contribution in [3.8, 4) is 22.6 Å². The summed E-state index contributed by atoms with van der Waals surface area (Å²) in [4.78, 5) is 36.9. The van der Waals surface area contributed by atoms with Crippen LogP contribution in [0.15, 0.2) is 78.2 Å². The Morgan fingerprint density at radius 2 is 1.82 bits per heavy atom. The molecule has 2 amide bonds. The summed E-state index contributed by atoms with van der Waals surface area (Å²) in [6.45, 7) is 0.113. The second kappa shape index (κ2) is 12.7. The van der Waals surface area contributed by atoms with Gasteiger partial charge in [-0.2, -0.15) is 0 Å². The number of hydrogen-bond donors (Lipinski definition) is 2. The Bertz CT molecular complexity index is 1250. The second-order valence-electron chi connectivity index (χ2n) is 8.70. The Labute approximate surface area is 220 Å². The number of rotatable bonds is 10. The summed E-state index contributed by atoms with van der Waals surface area (Å²) in [7, 11) is 2.99. The molecule has 0 radical (unpaired) electrons. The van der Waals surface area contributed by atoms with Gasteiger partial charge < -0.3 is 29.6 Å². The summed E-state index contributed by atoms with van der Waals surface area (Å²) in [5.41, 5.74) is 2.89. The van der Waals surface area contributed by atoms with Crippen molar-refractivity contribution in [1.29, 1.82) is 0 Å². The van der Waals surface area contributed by atoms with Gasteiger partial charge in [0.1, 0.15) is 37.4 Å². The number of aliphatic hydroxyl groups excluding tert-OH is 1. The van der Waals surface area contributed by atoms with Crippen molar-refractivity contribution in [3.05, 3.63) is 78.6 Å². The highest BCUT2D eigenvalue weighted by molar-refractivity contribution is 6.05. The summed E-state index contributed by atoms with van der Waals surface area (Å²) >= 11 is 0. The fourth-order valence-electron chi connectivity index (χ4n) is 4.11. The van der Waals surface area contributed by atoms with Gasteiger partial charge in [-0.05, 0) is 53.6 Å². The fourth-order valence-corrected chi connectivity index (χ4v) is 4.11. The number of hydrogen-bond acceptors (Lipinski definition) is 8. The minimum Gasteiger partial charge on any atom is -0.497 e. The average Bonchev–Trinajstić information content (AvgIpc) is 3.39. The molecular weight excluding hydrogens is 488 g/mol. The number of ether oxygens (including phenoxy) is 2. The summed E-state index contributed by atoms with van der Waals surface area (Å²) in [5, 5.41) is 17.0. The number of likely N-dealkylation sites (tertiary alicyclic amines) is 1. The van der Waals surface area contributed by atoms with Crippen LogP contribution in [0.4, 0.5) is 0 Å². The lowest BCUT2D eigenvalue weighted by atomic mass is 10.0. The Balaban J connectivity index is 1.37. The molecule has 2 heterocycles. The van der Waals surface area contributed by atoms with E-state index < -0.39 is 18.1 Å². The first kappa shape index (κ1) is 26.6. The topological polar surface area (TPSA) is 123 Å². The van der Waals surface area contributed by atoms with E-state index in [1.54, 1.807) is 55.9 Å². The van der Waals surface area contributed by atoms with Crippen LogP contribution in [0.3, 0.4) is 0 Å². The van der Waals surface area contributed by atoms with Crippen molar-refractivity contribution in [2.75, 3.05) is 33.9 Å². The van der Waals surface area contributed by atoms with Gasteiger partial charge in [0, 0.05) is 30.9 Å². The van der Waals surface area contributed by atoms with E-state index >= 15 is 0 Å². The molecule has 1 fully saturated rings. The number of oxime groups is 1. The average molecular weight is 519 g/mol. The molecule has 1 aliphatic rings. The predicted molar refractivity (Wildman–Crippen MR) is 141 cm³/mol. The molecule has 10 nitrogen and oxygen atoms in total. The third kappa shape index (κ3) is 6.65. The SMILES string of the molecule is CO/N=C1/CC(C(=O)NC[C@H](O)COc2ccc(OC)cc2)N(C(=O)c2ccc(-c3cccnc3)cc2)C1. The minimum atomic E-state index is -0.946. The molecule has 2 N–H and O–H groups in total. The third-order valence-corrected chi connectivity index (χ3v) is 6.08. The van der Waals surface area contributed by atoms with Gasteiger partial charge in [0.25, 0.3) is 5.91 Å². The number of nitrogens with zero attached hydrogens (tertiary/aromatic N) is 3. The lowest BCUT2D eigenvalue weighted by molar-refractivity contribution is -0.125. The molecule has 0 spiro atoms. The van der Waals surface area contributed by atoms with Gasteiger partial charge in [-0.15, -0.1) is 0 Å². The Hall–Kier alpha value is -4.44. The molecule has 0 bridgehead atoms. The first-order valence-corrected chi connectivity index (χ1v) is 12.1. The highest BCUT2D eigenvalue weighted by atomic mass is 16.6. The van der Waals surface area contributed by atoms with E-state index in [9.17, 15) is 14.7 Å². The van der Waals surface area contributed by atoms with Crippen molar-refractivity contribution in [1.82, 2.24) is 15.2 Å². The molecule has 1 aromatic heterocycles. The zero-order valence-electron chi connectivity index (χ0n) is 21.2. The Morgan fingerprint density at radius 1 is 1.08 bits per heavy atom. The zero-order valence-corrected chi connectivity index (χ0v) is 21.2. The smallest absolute Gasteiger partial charge is 0.254 e. The number of carbonyl (C=O) groups is 2. The van der Waals surface area contributed by atoms with E-state index in [1.165, 1.54) is 12.0 Å². The molecule has 38 heavy (non-hydrogen) atoms. The summed E-state index contributed by atoms with van der Waals surface area (Å²) in [5.74, 6) is 0.572. The molecule has 10 heteroatoms. The molecule has 2 atom stereocenters. The van der Waals surface area contributed by atoms with Crippen molar-refractivity contribution in [2.24, 2.45) is 5.16 Å². The Morgan fingerprint density at radius 3 is 2.47 bits per heavy atom. The number of amides is 2. The summed E-state index contributed by atoms with van der Waals surface area (Å²) in [6.07, 6.45) is 2.74. The highest BCUT2D eigenvalue weighted by Gasteiger charge is 2.38. The summed E-state index contributed by atoms with van der Waals surface area (Å²) in [6, 6.07) is 17.1. The van der Waals surface area contributed by atoms with E-state index in [1.807, 2.05) is 24.3 Å². The maximum atomic E-state index is 13.4. The van der Waals surface area contributed by atoms with Gasteiger partial charge in [0.05, 0.1) is 19.4 Å². The zero-order chi connectivity index (χ0) is 26.9. The van der Waals surface area contributed by atoms with Crippen LogP contribution in [0.2, 0.25) is 0 Å². The number of carbonyl (C=O) groups excluding carboxylic acids is 2. The van der Waals surface area contributed by atoms with E-state index in [-0.39, 0.29) is 32.0 Å². The number of aliphatic hydroxyl groups is 1. The van der Waals surface area contributed by atoms with Crippen LogP contribution >= 0.6 is 0 Å². The molecule has 2 aromatic carbocycles. The van der Waals surface area contributed by atoms with Gasteiger partial charge in [0.15, 0.2) is 0 Å². The molecule has 0 saturated carbocycles. The monoisotopic (exact) mass is 518 g/mol. The first-order chi connectivity index (χ1) is 18.5. The highest BCUT2D eigenvalue weighted by Crippen LogP contribution is 2.23. The van der Waals surface area contributed by atoms with Crippen LogP contribution in [-0.4, -0.2) is 78.6 Å². The molecule has 198 valence electrons. The largest absolute Gasteiger partial charge is 0.497 e. The third-order valence-electron chi connectivity index (χ3n) is 6.08. The van der Waals surface area contributed by atoms with Gasteiger partial charge in [0.2, 0.25) is 5.91 Å². The van der Waals surface area contributed by atoms with Crippen LogP contribution in [0, 0.1) is 0 Å². The minimum absolute atomic E-state index is 0.0143. The number of pyridine rings is 1. The van der Waals surface area contributed by atoms with Crippen LogP contribution in [0.25, 0.3) is 11.1 Å². The number of nitrogens with one attached hydrogen (secondary N) is 1. The van der Waals surface area contributed by atoms with Crippen molar-refractivity contribution in [2.45, 2.75) is 18.6 Å². The molecule has 1 saturated heterocycles. The van der Waals surface area contributed by atoms with Crippen LogP contribution in [0.5, 0.6) is 11.5 Å². The second-order valence-corrected chi connectivity index (χ2v) is 8.70. The molecule has 0 aliphatic carbocycles. The van der Waals surface area contributed by atoms with Crippen LogP contribution < -0.4 is 14.8 Å². The van der Waals surface area contributed by atoms with Crippen LogP contribution in [0.1, 0.15) is 16.8 Å². The van der Waals surface area contributed by atoms with E-state index in [4.69, 9.17) is 14.3 Å². The van der Waals surface area contributed by atoms with E-state index in [0.717, 1.165) is 11.1 Å². The maximum Gasteiger partial charge on any atom is 0.254 e. The van der Waals surface area contributed by atoms with Gasteiger partial charge in [-0.3, -0.25) is 14.6 Å². The standard InChI is InChI=1S/C28H30N4O6/c1-36-24-9-11-25(12-10-24)38-18-23(33)16-30-27(34)26-14-22(31-37-2)17-32(26)28(35)20-7-5-19(6-8-20)21-4-3-13-29-15-21/h3-13,15,23,26,33H,14,16-18H2,1-2H3,(H,30,34)/b31-22-/t23-,26?/m0/s1. The Kier molecular flexibility index (Phi) is 8.89. The number of aromatic nitrogens is 1. The lowest BCUT2D eigenvalue weighted by Gasteiger charge is -2.24. The quantitative estimate of drug-likeness (QED) is 0.396. The molecule has 3 aromatic rings. The number of methoxy groups -OCH3 is 1. The van der Waals surface area contributed by atoms with Crippen molar-refractivity contribution in [3.63, 3.8) is 0 Å². The van der Waals surface area contributed by atoms with Crippen LogP contribution in [-0.2, 0) is 9.63 Å². The molecule has 1 aliphatic heterocycles. The number of benzene rings is 2. The maximum absolute atomic E-state index is 13.4. The van der Waals surface area contributed by atoms with Gasteiger partial charge >= 0.3 is 0 Å². The fraction of sp³-hybridized carbons (Fsp3) is 0.286. The van der Waals surface area contributed by atoms with Crippen molar-refractivity contribution >= 4 is 17.5 Å². The molecule has 4 rings (SSSR count). The van der Waals surface area contributed by atoms with Gasteiger partial charge in [-0.25, -0.2) is 0 Å². The molecular formula is C28H30N4O6. The first-order valence-electron chi connectivity index (χ1n) is 12.1. The lowest BCUT2D eigenvalue weighted by Crippen LogP contribution is -2.48. The van der Waals surface area contributed by atoms with Gasteiger partial charge in [-0.1, -0.05) is 23.4 Å².